The fourth-order valence-electron chi connectivity index (χ4n) is 2.55. The number of guanidine groups is 1. The zero-order valence-electron chi connectivity index (χ0n) is 16.0. The molecule has 7 heteroatoms. The van der Waals surface area contributed by atoms with Crippen molar-refractivity contribution in [3.05, 3.63) is 48.3 Å². The first kappa shape index (κ1) is 22.3. The van der Waals surface area contributed by atoms with Crippen molar-refractivity contribution in [1.29, 1.82) is 0 Å². The molecule has 0 amide bonds. The van der Waals surface area contributed by atoms with E-state index in [1.165, 1.54) is 5.56 Å². The molecule has 144 valence electrons. The van der Waals surface area contributed by atoms with Gasteiger partial charge >= 0.3 is 0 Å². The number of ether oxygens (including phenoxy) is 1. The third-order valence-corrected chi connectivity index (χ3v) is 4.21. The van der Waals surface area contributed by atoms with E-state index in [1.54, 1.807) is 20.4 Å². The zero-order chi connectivity index (χ0) is 18.1. The van der Waals surface area contributed by atoms with E-state index < -0.39 is 0 Å². The normalized spacial score (nSPS) is 11.6. The molecule has 6 nitrogen and oxygen atoms in total. The smallest absolute Gasteiger partial charge is 0.191 e. The summed E-state index contributed by atoms with van der Waals surface area (Å²) in [5.41, 5.74) is 1.24. The molecular weight excluding hydrogens is 441 g/mol. The molecule has 0 fully saturated rings. The predicted octanol–water partition coefficient (Wildman–Crippen LogP) is 3.04. The number of halogens is 1. The van der Waals surface area contributed by atoms with Crippen LogP contribution < -0.4 is 15.4 Å². The number of nitrogens with zero attached hydrogens (tertiary/aromatic N) is 3. The minimum absolute atomic E-state index is 0. The number of hydrogen-bond acceptors (Lipinski definition) is 3. The molecule has 1 aromatic heterocycles. The van der Waals surface area contributed by atoms with Gasteiger partial charge in [0.05, 0.1) is 7.11 Å². The van der Waals surface area contributed by atoms with Crippen molar-refractivity contribution in [2.45, 2.75) is 32.2 Å². The second kappa shape index (κ2) is 11.1. The minimum Gasteiger partial charge on any atom is -0.497 e. The molecule has 1 aromatic carbocycles. The third-order valence-electron chi connectivity index (χ3n) is 4.21. The lowest BCUT2D eigenvalue weighted by molar-refractivity contribution is 0.414. The molecule has 0 saturated heterocycles. The third kappa shape index (κ3) is 6.86. The van der Waals surface area contributed by atoms with Gasteiger partial charge in [-0.25, -0.2) is 0 Å². The first-order valence-electron chi connectivity index (χ1n) is 8.61. The number of aliphatic imine (C=N–C) groups is 1. The van der Waals surface area contributed by atoms with Crippen LogP contribution in [0, 0.1) is 0 Å². The molecule has 2 aromatic rings. The van der Waals surface area contributed by atoms with Gasteiger partial charge in [0, 0.05) is 44.5 Å². The van der Waals surface area contributed by atoms with Crippen LogP contribution in [0.25, 0.3) is 0 Å². The standard InChI is InChI=1S/C19H29N5O.HI/c1-19(2,16-7-9-17(25-4)10-8-16)15-22-18(20-3)21-11-5-13-24-14-6-12-23-24;/h6-10,12,14H,5,11,13,15H2,1-4H3,(H2,20,21,22);1H. The number of aryl methyl sites for hydroxylation is 1. The maximum atomic E-state index is 5.23. The zero-order valence-corrected chi connectivity index (χ0v) is 18.4. The highest BCUT2D eigenvalue weighted by molar-refractivity contribution is 14.0. The average molecular weight is 471 g/mol. The van der Waals surface area contributed by atoms with E-state index in [-0.39, 0.29) is 29.4 Å². The highest BCUT2D eigenvalue weighted by Crippen LogP contribution is 2.24. The molecule has 1 heterocycles. The molecule has 2 rings (SSSR count). The number of aromatic nitrogens is 2. The Hall–Kier alpha value is -1.77. The summed E-state index contributed by atoms with van der Waals surface area (Å²) in [4.78, 5) is 4.30. The van der Waals surface area contributed by atoms with E-state index >= 15 is 0 Å². The molecule has 0 saturated carbocycles. The van der Waals surface area contributed by atoms with Crippen molar-refractivity contribution in [1.82, 2.24) is 20.4 Å². The lowest BCUT2D eigenvalue weighted by Crippen LogP contribution is -2.43. The Balaban J connectivity index is 0.00000338. The van der Waals surface area contributed by atoms with Gasteiger partial charge in [0.1, 0.15) is 5.75 Å². The topological polar surface area (TPSA) is 63.5 Å². The summed E-state index contributed by atoms with van der Waals surface area (Å²) in [6, 6.07) is 10.2. The van der Waals surface area contributed by atoms with Gasteiger partial charge in [-0.1, -0.05) is 26.0 Å². The second-order valence-corrected chi connectivity index (χ2v) is 6.59. The Morgan fingerprint density at radius 1 is 1.23 bits per heavy atom. The summed E-state index contributed by atoms with van der Waals surface area (Å²) >= 11 is 0. The van der Waals surface area contributed by atoms with Gasteiger partial charge in [-0.15, -0.1) is 24.0 Å². The van der Waals surface area contributed by atoms with Crippen LogP contribution in [0.2, 0.25) is 0 Å². The van der Waals surface area contributed by atoms with Gasteiger partial charge in [-0.3, -0.25) is 9.67 Å². The van der Waals surface area contributed by atoms with Crippen molar-refractivity contribution >= 4 is 29.9 Å². The molecule has 0 atom stereocenters. The van der Waals surface area contributed by atoms with E-state index in [0.717, 1.165) is 37.8 Å². The lowest BCUT2D eigenvalue weighted by Gasteiger charge is -2.27. The van der Waals surface area contributed by atoms with Crippen LogP contribution in [-0.2, 0) is 12.0 Å². The number of nitrogens with one attached hydrogen (secondary N) is 2. The van der Waals surface area contributed by atoms with E-state index in [1.807, 2.05) is 29.1 Å². The number of benzene rings is 1. The van der Waals surface area contributed by atoms with Crippen LogP contribution >= 0.6 is 24.0 Å². The molecular formula is C19H30IN5O. The minimum atomic E-state index is -0.0149. The summed E-state index contributed by atoms with van der Waals surface area (Å²) in [7, 11) is 3.48. The molecule has 0 aliphatic rings. The first-order valence-corrected chi connectivity index (χ1v) is 8.61. The fourth-order valence-corrected chi connectivity index (χ4v) is 2.55. The maximum absolute atomic E-state index is 5.23. The van der Waals surface area contributed by atoms with Crippen LogP contribution in [0.1, 0.15) is 25.8 Å². The molecule has 2 N–H and O–H groups in total. The summed E-state index contributed by atoms with van der Waals surface area (Å²) < 4.78 is 7.16. The van der Waals surface area contributed by atoms with Crippen LogP contribution in [0.3, 0.4) is 0 Å². The molecule has 0 radical (unpaired) electrons. The van der Waals surface area contributed by atoms with Gasteiger partial charge in [0.2, 0.25) is 0 Å². The van der Waals surface area contributed by atoms with Crippen molar-refractivity contribution < 1.29 is 4.74 Å². The summed E-state index contributed by atoms with van der Waals surface area (Å²) in [6.45, 7) is 6.97. The Bertz CT molecular complexity index is 653. The Kier molecular flexibility index (Phi) is 9.47. The first-order chi connectivity index (χ1) is 12.0. The van der Waals surface area contributed by atoms with Crippen LogP contribution in [0.4, 0.5) is 0 Å². The van der Waals surface area contributed by atoms with Crippen LogP contribution in [0.5, 0.6) is 5.75 Å². The quantitative estimate of drug-likeness (QED) is 0.269. The fraction of sp³-hybridized carbons (Fsp3) is 0.474. The highest BCUT2D eigenvalue weighted by Gasteiger charge is 2.20. The van der Waals surface area contributed by atoms with E-state index in [9.17, 15) is 0 Å². The average Bonchev–Trinajstić information content (AvgIpc) is 3.14. The monoisotopic (exact) mass is 471 g/mol. The predicted molar refractivity (Wildman–Crippen MR) is 118 cm³/mol. The number of methoxy groups -OCH3 is 1. The van der Waals surface area contributed by atoms with Crippen molar-refractivity contribution in [3.8, 4) is 5.75 Å². The lowest BCUT2D eigenvalue weighted by atomic mass is 9.84. The van der Waals surface area contributed by atoms with Gasteiger partial charge in [-0.2, -0.15) is 5.10 Å². The van der Waals surface area contributed by atoms with Crippen molar-refractivity contribution in [2.75, 3.05) is 27.2 Å². The van der Waals surface area contributed by atoms with E-state index in [2.05, 4.69) is 46.7 Å². The van der Waals surface area contributed by atoms with Crippen LogP contribution in [0.15, 0.2) is 47.7 Å². The molecule has 26 heavy (non-hydrogen) atoms. The Labute approximate surface area is 173 Å². The molecule has 0 bridgehead atoms. The molecule has 0 aliphatic heterocycles. The van der Waals surface area contributed by atoms with E-state index in [0.29, 0.717) is 0 Å². The Morgan fingerprint density at radius 3 is 2.54 bits per heavy atom. The largest absolute Gasteiger partial charge is 0.497 e. The summed E-state index contributed by atoms with van der Waals surface area (Å²) in [5, 5.41) is 11.0. The summed E-state index contributed by atoms with van der Waals surface area (Å²) in [6.07, 6.45) is 4.77. The van der Waals surface area contributed by atoms with Gasteiger partial charge in [0.25, 0.3) is 0 Å². The SMILES string of the molecule is CN=C(NCCCn1cccn1)NCC(C)(C)c1ccc(OC)cc1.I. The molecule has 0 aliphatic carbocycles. The number of hydrogen-bond donors (Lipinski definition) is 2. The summed E-state index contributed by atoms with van der Waals surface area (Å²) in [5.74, 6) is 1.70. The van der Waals surface area contributed by atoms with Crippen LogP contribution in [-0.4, -0.2) is 43.0 Å². The van der Waals surface area contributed by atoms with Crippen molar-refractivity contribution in [3.63, 3.8) is 0 Å². The van der Waals surface area contributed by atoms with Gasteiger partial charge in [-0.05, 0) is 30.2 Å². The second-order valence-electron chi connectivity index (χ2n) is 6.59. The maximum Gasteiger partial charge on any atom is 0.191 e. The van der Waals surface area contributed by atoms with E-state index in [4.69, 9.17) is 4.74 Å². The molecule has 0 unspecified atom stereocenters. The Morgan fingerprint density at radius 2 is 1.96 bits per heavy atom. The van der Waals surface area contributed by atoms with Crippen molar-refractivity contribution in [2.24, 2.45) is 4.99 Å². The van der Waals surface area contributed by atoms with Gasteiger partial charge < -0.3 is 15.4 Å². The molecule has 0 spiro atoms. The number of rotatable bonds is 8. The van der Waals surface area contributed by atoms with Gasteiger partial charge in [0.15, 0.2) is 5.96 Å². The highest BCUT2D eigenvalue weighted by atomic mass is 127.